The zero-order chi connectivity index (χ0) is 61.2. The normalized spacial score (nSPS) is 18.7. The van der Waals surface area contributed by atoms with Crippen molar-refractivity contribution in [3.63, 3.8) is 0 Å². The summed E-state index contributed by atoms with van der Waals surface area (Å²) in [5.41, 5.74) is 7.87. The SMILES string of the molecule is C=CCOC(=O)N[C@H](c1cn([C@@H](CCCNC(N)=O)C(=O)Nc2ccc(COC(=O)N3c4cc(OCCCCCOc5cc6c(cc5OC)C(=O)N5CC(=C)C(O)[C@@H]5CN6C(=O)O)c(OC)cc4C(=O)N4CC(=C)C[C@H]4[C@@H]3O)cc2)nn1)C(C)C. The van der Waals surface area contributed by atoms with Gasteiger partial charge in [-0.2, -0.15) is 0 Å². The number of methoxy groups -OCH3 is 2. The maximum absolute atomic E-state index is 14.3. The van der Waals surface area contributed by atoms with Gasteiger partial charge in [-0.3, -0.25) is 19.3 Å². The van der Waals surface area contributed by atoms with Crippen molar-refractivity contribution in [2.24, 2.45) is 11.7 Å². The number of amides is 8. The molecule has 85 heavy (non-hydrogen) atoms. The van der Waals surface area contributed by atoms with Gasteiger partial charge in [0.05, 0.1) is 86.9 Å². The van der Waals surface area contributed by atoms with Crippen molar-refractivity contribution >= 4 is 59.1 Å². The summed E-state index contributed by atoms with van der Waals surface area (Å²) in [6.07, 6.45) is -0.276. The summed E-state index contributed by atoms with van der Waals surface area (Å²) in [7, 11) is 2.81. The number of aliphatic hydroxyl groups excluding tert-OH is 2. The molecule has 27 nitrogen and oxygen atoms in total. The molecule has 2 saturated heterocycles. The standard InChI is InChI=1S/C58H71N11O16/c1-8-19-84-56(76)62-49(32(2)3)39-29-68(64-63-39)40(13-12-18-60-55(59)75)51(71)61-36-16-14-35(15-17-36)31-85-58(79)69-42-26-48(46(81-7)24-38(42)53(73)65-27-33(4)22-43(65)54(69)74)83-21-11-9-10-20-82-47-25-41-37(23-45(47)80-6)52(72)66-28-34(5)50(70)44(66)30-67(41)57(77)78/h8,14-17,23-26,29,32,40,43-44,49-50,54,70,74H,1,4-5,9-13,18-22,27-28,30-31H2,2-3,6-7H3,(H,61,71)(H,62,76)(H,77,78)(H3,59,60,75)/t40-,43-,44-,49-,50?,54-/m0/s1. The van der Waals surface area contributed by atoms with E-state index in [2.05, 4.69) is 46.0 Å². The fourth-order valence-corrected chi connectivity index (χ4v) is 10.5. The molecule has 6 atom stereocenters. The average molecular weight is 1180 g/mol. The molecular weight excluding hydrogens is 1110 g/mol. The minimum Gasteiger partial charge on any atom is -0.493 e. The van der Waals surface area contributed by atoms with Crippen LogP contribution in [0.1, 0.15) is 96.4 Å². The van der Waals surface area contributed by atoms with Crippen LogP contribution in [0.2, 0.25) is 0 Å². The Labute approximate surface area is 489 Å². The largest absolute Gasteiger partial charge is 0.493 e. The van der Waals surface area contributed by atoms with Gasteiger partial charge in [-0.1, -0.05) is 62.6 Å². The number of urea groups is 1. The van der Waals surface area contributed by atoms with Crippen molar-refractivity contribution in [1.29, 1.82) is 0 Å². The third-order valence-corrected chi connectivity index (χ3v) is 14.9. The summed E-state index contributed by atoms with van der Waals surface area (Å²) < 4.78 is 35.8. The van der Waals surface area contributed by atoms with Crippen molar-refractivity contribution < 1.29 is 77.3 Å². The lowest BCUT2D eigenvalue weighted by Crippen LogP contribution is -2.50. The average Bonchev–Trinajstić information content (AvgIpc) is 1.87. The van der Waals surface area contributed by atoms with Crippen LogP contribution < -0.4 is 50.4 Å². The molecule has 0 saturated carbocycles. The number of unbranched alkanes of at least 4 members (excludes halogenated alkanes) is 2. The third-order valence-electron chi connectivity index (χ3n) is 14.9. The monoisotopic (exact) mass is 1180 g/mol. The maximum atomic E-state index is 14.3. The molecule has 27 heteroatoms. The fraction of sp³-hybridized carbons (Fsp3) is 0.431. The van der Waals surface area contributed by atoms with E-state index in [0.29, 0.717) is 53.8 Å². The number of carbonyl (C=O) groups excluding carboxylic acids is 6. The first-order valence-electron chi connectivity index (χ1n) is 27.6. The highest BCUT2D eigenvalue weighted by Gasteiger charge is 2.47. The number of benzene rings is 3. The number of carboxylic acid groups (broad SMARTS) is 1. The number of alkyl carbamates (subject to hydrolysis) is 1. The molecule has 8 amide bonds. The number of fused-ring (bicyclic) bond motifs is 4. The van der Waals surface area contributed by atoms with E-state index < -0.39 is 78.5 Å². The summed E-state index contributed by atoms with van der Waals surface area (Å²) >= 11 is 0. The number of carbonyl (C=O) groups is 7. The van der Waals surface area contributed by atoms with Crippen molar-refractivity contribution in [1.82, 2.24) is 35.4 Å². The zero-order valence-electron chi connectivity index (χ0n) is 47.7. The summed E-state index contributed by atoms with van der Waals surface area (Å²) in [4.78, 5) is 97.4. The maximum Gasteiger partial charge on any atom is 0.416 e. The first-order chi connectivity index (χ1) is 40.7. The van der Waals surface area contributed by atoms with Crippen LogP contribution in [-0.4, -0.2) is 167 Å². The molecule has 0 radical (unpaired) electrons. The Morgan fingerprint density at radius 2 is 1.47 bits per heavy atom. The van der Waals surface area contributed by atoms with Crippen LogP contribution in [0, 0.1) is 5.92 Å². The Morgan fingerprint density at radius 1 is 0.835 bits per heavy atom. The van der Waals surface area contributed by atoms with Crippen LogP contribution in [0.5, 0.6) is 23.0 Å². The van der Waals surface area contributed by atoms with Crippen LogP contribution in [-0.2, 0) is 20.9 Å². The van der Waals surface area contributed by atoms with Gasteiger partial charge in [-0.05, 0) is 79.8 Å². The Bertz CT molecular complexity index is 3200. The molecule has 0 bridgehead atoms. The molecular formula is C58H71N11O16. The van der Waals surface area contributed by atoms with Crippen LogP contribution in [0.25, 0.3) is 0 Å². The van der Waals surface area contributed by atoms with Gasteiger partial charge in [0.2, 0.25) is 5.91 Å². The number of hydrogen-bond donors (Lipinski definition) is 7. The van der Waals surface area contributed by atoms with Gasteiger partial charge in [0.1, 0.15) is 24.9 Å². The van der Waals surface area contributed by atoms with Crippen LogP contribution >= 0.6 is 0 Å². The molecule has 5 heterocycles. The van der Waals surface area contributed by atoms with Crippen LogP contribution in [0.15, 0.2) is 91.7 Å². The molecule has 0 aliphatic carbocycles. The second kappa shape index (κ2) is 27.3. The minimum absolute atomic E-state index is 0.00489. The number of aromatic nitrogens is 3. The van der Waals surface area contributed by atoms with Crippen molar-refractivity contribution in [2.45, 2.75) is 95.5 Å². The first-order valence-corrected chi connectivity index (χ1v) is 27.6. The molecule has 1 aromatic heterocycles. The smallest absolute Gasteiger partial charge is 0.416 e. The third kappa shape index (κ3) is 14.0. The van der Waals surface area contributed by atoms with Crippen molar-refractivity contribution in [3.8, 4) is 23.0 Å². The van der Waals surface area contributed by atoms with E-state index in [1.807, 2.05) is 13.8 Å². The summed E-state index contributed by atoms with van der Waals surface area (Å²) in [5, 5.41) is 49.5. The highest BCUT2D eigenvalue weighted by atomic mass is 16.6. The van der Waals surface area contributed by atoms with Gasteiger partial charge in [0, 0.05) is 37.5 Å². The first kappa shape index (κ1) is 61.7. The Morgan fingerprint density at radius 3 is 2.08 bits per heavy atom. The van der Waals surface area contributed by atoms with Crippen molar-refractivity contribution in [3.05, 3.63) is 114 Å². The van der Waals surface area contributed by atoms with Crippen LogP contribution in [0.4, 0.5) is 36.2 Å². The fourth-order valence-electron chi connectivity index (χ4n) is 10.5. The second-order valence-corrected chi connectivity index (χ2v) is 21.1. The molecule has 0 spiro atoms. The van der Waals surface area contributed by atoms with E-state index in [4.69, 9.17) is 34.2 Å². The molecule has 1 unspecified atom stereocenters. The second-order valence-electron chi connectivity index (χ2n) is 21.1. The number of hydrogen-bond acceptors (Lipinski definition) is 17. The van der Waals surface area contributed by atoms with Gasteiger partial charge in [-0.25, -0.2) is 28.8 Å². The minimum atomic E-state index is -1.57. The number of rotatable bonds is 24. The van der Waals surface area contributed by atoms with E-state index >= 15 is 0 Å². The molecule has 2 fully saturated rings. The number of nitrogens with zero attached hydrogens (tertiary/aromatic N) is 7. The molecule has 4 aliphatic heterocycles. The van der Waals surface area contributed by atoms with E-state index in [1.54, 1.807) is 30.5 Å². The summed E-state index contributed by atoms with van der Waals surface area (Å²) in [6.45, 7) is 15.5. The van der Waals surface area contributed by atoms with E-state index in [-0.39, 0.29) is 117 Å². The zero-order valence-corrected chi connectivity index (χ0v) is 47.7. The quantitative estimate of drug-likeness (QED) is 0.0329. The molecule has 8 rings (SSSR count). The van der Waals surface area contributed by atoms with Gasteiger partial charge < -0.3 is 75.2 Å². The number of anilines is 3. The highest BCUT2D eigenvalue weighted by molar-refractivity contribution is 6.07. The number of ether oxygens (including phenoxy) is 6. The molecule has 454 valence electrons. The lowest BCUT2D eigenvalue weighted by Gasteiger charge is -2.31. The van der Waals surface area contributed by atoms with Gasteiger partial charge in [0.15, 0.2) is 29.2 Å². The lowest BCUT2D eigenvalue weighted by molar-refractivity contribution is -0.119. The molecule has 4 aliphatic rings. The number of nitrogens with one attached hydrogen (secondary N) is 3. The number of nitrogens with two attached hydrogens (primary N) is 1. The Balaban J connectivity index is 0.910. The summed E-state index contributed by atoms with van der Waals surface area (Å²) in [6, 6.07) is 8.34. The van der Waals surface area contributed by atoms with E-state index in [1.165, 1.54) is 59.0 Å². The predicted molar refractivity (Wildman–Crippen MR) is 307 cm³/mol. The van der Waals surface area contributed by atoms with Gasteiger partial charge in [-0.15, -0.1) is 5.10 Å². The van der Waals surface area contributed by atoms with E-state index in [9.17, 15) is 48.9 Å². The highest BCUT2D eigenvalue weighted by Crippen LogP contribution is 2.43. The van der Waals surface area contributed by atoms with E-state index in [0.717, 1.165) is 9.80 Å². The lowest BCUT2D eigenvalue weighted by atomic mass is 10.0. The number of primary amides is 1. The van der Waals surface area contributed by atoms with Gasteiger partial charge in [0.25, 0.3) is 11.8 Å². The summed E-state index contributed by atoms with van der Waals surface area (Å²) in [5.74, 6) is -0.749. The number of aliphatic hydroxyl groups is 2. The predicted octanol–water partition coefficient (Wildman–Crippen LogP) is 5.65. The molecule has 4 aromatic rings. The Hall–Kier alpha value is -9.37. The van der Waals surface area contributed by atoms with Gasteiger partial charge >= 0.3 is 24.3 Å². The Kier molecular flexibility index (Phi) is 19.9. The van der Waals surface area contributed by atoms with Crippen LogP contribution in [0.3, 0.4) is 0 Å². The topological polar surface area (TPSA) is 341 Å². The molecule has 8 N–H and O–H groups in total. The molecule has 3 aromatic carbocycles. The van der Waals surface area contributed by atoms with Crippen molar-refractivity contribution in [2.75, 3.05) is 75.3 Å².